The fourth-order valence-corrected chi connectivity index (χ4v) is 2.72. The highest BCUT2D eigenvalue weighted by Gasteiger charge is 2.13. The number of thiocarbonyl (C=S) groups is 1. The molecule has 1 amide bonds. The minimum Gasteiger partial charge on any atom is -0.494 e. The average Bonchev–Trinajstić information content (AvgIpc) is 2.66. The van der Waals surface area contributed by atoms with E-state index in [4.69, 9.17) is 22.2 Å². The summed E-state index contributed by atoms with van der Waals surface area (Å²) in [5.74, 6) is 0.168. The first kappa shape index (κ1) is 21.1. The van der Waals surface area contributed by atoms with Crippen LogP contribution in [0, 0.1) is 25.2 Å². The molecule has 0 saturated carbocycles. The predicted octanol–water partition coefficient (Wildman–Crippen LogP) is 2.77. The maximum absolute atomic E-state index is 12.4. The molecule has 0 spiro atoms. The van der Waals surface area contributed by atoms with Gasteiger partial charge in [0.1, 0.15) is 17.4 Å². The molecule has 28 heavy (non-hydrogen) atoms. The van der Waals surface area contributed by atoms with E-state index in [-0.39, 0.29) is 10.7 Å². The Bertz CT molecular complexity index is 992. The van der Waals surface area contributed by atoms with E-state index in [9.17, 15) is 9.59 Å². The zero-order valence-corrected chi connectivity index (χ0v) is 16.9. The van der Waals surface area contributed by atoms with Gasteiger partial charge in [0.2, 0.25) is 0 Å². The van der Waals surface area contributed by atoms with E-state index in [0.29, 0.717) is 29.2 Å². The summed E-state index contributed by atoms with van der Waals surface area (Å²) in [6.45, 7) is 6.04. The van der Waals surface area contributed by atoms with Crippen molar-refractivity contribution in [2.75, 3.05) is 12.0 Å². The molecule has 0 radical (unpaired) electrons. The van der Waals surface area contributed by atoms with Crippen molar-refractivity contribution in [3.63, 3.8) is 0 Å². The molecule has 0 aliphatic carbocycles. The second kappa shape index (κ2) is 9.67. The molecule has 1 aromatic carbocycles. The van der Waals surface area contributed by atoms with Crippen LogP contribution >= 0.6 is 12.2 Å². The number of aryl methyl sites for hydroxylation is 2. The quantitative estimate of drug-likeness (QED) is 0.574. The third-order valence-electron chi connectivity index (χ3n) is 4.00. The van der Waals surface area contributed by atoms with Crippen LogP contribution in [0.3, 0.4) is 0 Å². The average molecular weight is 398 g/mol. The van der Waals surface area contributed by atoms with Crippen molar-refractivity contribution in [3.8, 4) is 11.8 Å². The molecule has 2 N–H and O–H groups in total. The number of benzene rings is 1. The Morgan fingerprint density at radius 1 is 1.32 bits per heavy atom. The van der Waals surface area contributed by atoms with Crippen LogP contribution in [0.15, 0.2) is 35.1 Å². The smallest absolute Gasteiger partial charge is 0.287 e. The van der Waals surface area contributed by atoms with Crippen LogP contribution in [-0.4, -0.2) is 22.3 Å². The Morgan fingerprint density at radius 3 is 2.75 bits per heavy atom. The standard InChI is InChI=1S/C20H22N4O3S/c1-4-5-9-27-16-8-6-7-15(11-16)18(25)22-20(28)23-24-14(3)10-13(2)17(12-21)19(24)26/h6-8,10-11H,4-5,9H2,1-3H3,(H2,22,23,25,28). The number of ether oxygens (including phenoxy) is 1. The molecule has 2 aromatic rings. The van der Waals surface area contributed by atoms with Crippen molar-refractivity contribution >= 4 is 23.2 Å². The molecule has 146 valence electrons. The molecule has 1 aromatic heterocycles. The van der Waals surface area contributed by atoms with Gasteiger partial charge in [-0.1, -0.05) is 19.4 Å². The molecule has 8 heteroatoms. The third kappa shape index (κ3) is 5.18. The molecule has 0 aliphatic heterocycles. The van der Waals surface area contributed by atoms with Crippen molar-refractivity contribution in [1.82, 2.24) is 9.99 Å². The molecule has 0 bridgehead atoms. The maximum atomic E-state index is 12.4. The summed E-state index contributed by atoms with van der Waals surface area (Å²) >= 11 is 5.15. The number of rotatable bonds is 6. The Labute approximate surface area is 168 Å². The molecule has 0 atom stereocenters. The molecule has 0 aliphatic rings. The van der Waals surface area contributed by atoms with E-state index in [0.717, 1.165) is 17.5 Å². The Balaban J connectivity index is 2.10. The van der Waals surface area contributed by atoms with Gasteiger partial charge < -0.3 is 4.74 Å². The number of aromatic nitrogens is 1. The van der Waals surface area contributed by atoms with E-state index >= 15 is 0 Å². The van der Waals surface area contributed by atoms with Gasteiger partial charge in [0, 0.05) is 11.3 Å². The highest BCUT2D eigenvalue weighted by Crippen LogP contribution is 2.14. The van der Waals surface area contributed by atoms with Gasteiger partial charge in [-0.25, -0.2) is 4.68 Å². The number of pyridine rings is 1. The first-order valence-electron chi connectivity index (χ1n) is 8.86. The van der Waals surface area contributed by atoms with Gasteiger partial charge in [0.25, 0.3) is 11.5 Å². The van der Waals surface area contributed by atoms with E-state index < -0.39 is 11.5 Å². The van der Waals surface area contributed by atoms with Crippen molar-refractivity contribution in [1.29, 1.82) is 5.26 Å². The van der Waals surface area contributed by atoms with E-state index in [1.807, 2.05) is 6.07 Å². The van der Waals surface area contributed by atoms with Crippen molar-refractivity contribution in [3.05, 3.63) is 63.1 Å². The van der Waals surface area contributed by atoms with Crippen LogP contribution in [0.5, 0.6) is 5.75 Å². The lowest BCUT2D eigenvalue weighted by Gasteiger charge is -2.15. The molecular weight excluding hydrogens is 376 g/mol. The second-order valence-corrected chi connectivity index (χ2v) is 6.63. The topological polar surface area (TPSA) is 96.2 Å². The molecule has 7 nitrogen and oxygen atoms in total. The van der Waals surface area contributed by atoms with E-state index in [2.05, 4.69) is 17.7 Å². The number of nitrogens with one attached hydrogen (secondary N) is 2. The van der Waals surface area contributed by atoms with Crippen LogP contribution < -0.4 is 21.0 Å². The first-order valence-corrected chi connectivity index (χ1v) is 9.26. The number of nitrogens with zero attached hydrogens (tertiary/aromatic N) is 2. The van der Waals surface area contributed by atoms with Crippen LogP contribution in [0.4, 0.5) is 0 Å². The van der Waals surface area contributed by atoms with Crippen molar-refractivity contribution < 1.29 is 9.53 Å². The monoisotopic (exact) mass is 398 g/mol. The number of nitriles is 1. The van der Waals surface area contributed by atoms with Crippen LogP contribution in [0.2, 0.25) is 0 Å². The minimum atomic E-state index is -0.525. The zero-order chi connectivity index (χ0) is 20.7. The molecule has 2 rings (SSSR count). The second-order valence-electron chi connectivity index (χ2n) is 6.22. The zero-order valence-electron chi connectivity index (χ0n) is 16.0. The van der Waals surface area contributed by atoms with Crippen molar-refractivity contribution in [2.24, 2.45) is 0 Å². The van der Waals surface area contributed by atoms with Crippen LogP contribution in [0.1, 0.15) is 46.9 Å². The number of hydrogen-bond acceptors (Lipinski definition) is 5. The van der Waals surface area contributed by atoms with Gasteiger partial charge >= 0.3 is 0 Å². The normalized spacial score (nSPS) is 10.1. The Morgan fingerprint density at radius 2 is 2.07 bits per heavy atom. The van der Waals surface area contributed by atoms with Gasteiger partial charge in [0.15, 0.2) is 5.11 Å². The molecule has 0 unspecified atom stereocenters. The summed E-state index contributed by atoms with van der Waals surface area (Å²) in [5.41, 5.74) is 3.67. The van der Waals surface area contributed by atoms with Gasteiger partial charge in [-0.15, -0.1) is 0 Å². The van der Waals surface area contributed by atoms with E-state index in [1.165, 1.54) is 0 Å². The Hall–Kier alpha value is -3.18. The number of carbonyl (C=O) groups is 1. The van der Waals surface area contributed by atoms with Gasteiger partial charge in [0.05, 0.1) is 6.61 Å². The summed E-state index contributed by atoms with van der Waals surface area (Å²) in [6.07, 6.45) is 1.95. The lowest BCUT2D eigenvalue weighted by molar-refractivity contribution is 0.0977. The fourth-order valence-electron chi connectivity index (χ4n) is 2.53. The summed E-state index contributed by atoms with van der Waals surface area (Å²) in [5, 5.41) is 11.6. The number of carbonyl (C=O) groups excluding carboxylic acids is 1. The SMILES string of the molecule is CCCCOc1cccc(C(=O)NC(=S)Nn2c(C)cc(C)c(C#N)c2=O)c1. The lowest BCUT2D eigenvalue weighted by Crippen LogP contribution is -2.43. The summed E-state index contributed by atoms with van der Waals surface area (Å²) in [7, 11) is 0. The minimum absolute atomic E-state index is 0.0177. The lowest BCUT2D eigenvalue weighted by atomic mass is 10.1. The molecule has 0 saturated heterocycles. The number of hydrogen-bond donors (Lipinski definition) is 2. The van der Waals surface area contributed by atoms with Gasteiger partial charge in [-0.3, -0.25) is 20.3 Å². The summed E-state index contributed by atoms with van der Waals surface area (Å²) in [6, 6.07) is 10.3. The predicted molar refractivity (Wildman–Crippen MR) is 111 cm³/mol. The summed E-state index contributed by atoms with van der Waals surface area (Å²) in [4.78, 5) is 24.8. The fraction of sp³-hybridized carbons (Fsp3) is 0.300. The summed E-state index contributed by atoms with van der Waals surface area (Å²) < 4.78 is 6.74. The highest BCUT2D eigenvalue weighted by atomic mass is 32.1. The highest BCUT2D eigenvalue weighted by molar-refractivity contribution is 7.80. The van der Waals surface area contributed by atoms with Gasteiger partial charge in [-0.05, 0) is 62.3 Å². The van der Waals surface area contributed by atoms with Crippen LogP contribution in [-0.2, 0) is 0 Å². The maximum Gasteiger partial charge on any atom is 0.287 e. The molecular formula is C20H22N4O3S. The molecule has 0 fully saturated rings. The largest absolute Gasteiger partial charge is 0.494 e. The van der Waals surface area contributed by atoms with Crippen LogP contribution in [0.25, 0.3) is 0 Å². The number of amides is 1. The molecule has 1 heterocycles. The number of unbranched alkanes of at least 4 members (excludes halogenated alkanes) is 1. The third-order valence-corrected chi connectivity index (χ3v) is 4.20. The Kier molecular flexibility index (Phi) is 7.29. The van der Waals surface area contributed by atoms with E-state index in [1.54, 1.807) is 44.2 Å². The van der Waals surface area contributed by atoms with Gasteiger partial charge in [-0.2, -0.15) is 5.26 Å². The van der Waals surface area contributed by atoms with Crippen molar-refractivity contribution in [2.45, 2.75) is 33.6 Å². The first-order chi connectivity index (χ1) is 13.4.